The second kappa shape index (κ2) is 11.5. The fourth-order valence-corrected chi connectivity index (χ4v) is 5.09. The molecular formula is C26H22Cl2S2. The molecule has 0 aliphatic heterocycles. The van der Waals surface area contributed by atoms with E-state index in [1.807, 2.05) is 60.7 Å². The van der Waals surface area contributed by atoms with E-state index in [2.05, 4.69) is 48.9 Å². The molecule has 0 atom stereocenters. The first-order chi connectivity index (χ1) is 14.7. The fraction of sp³-hybridized carbons (Fsp3) is 0.0769. The number of hydrogen-bond acceptors (Lipinski definition) is 2. The van der Waals surface area contributed by atoms with Crippen molar-refractivity contribution in [3.05, 3.63) is 107 Å². The van der Waals surface area contributed by atoms with Gasteiger partial charge in [-0.2, -0.15) is 0 Å². The summed E-state index contributed by atoms with van der Waals surface area (Å²) in [7, 11) is 0. The molecule has 4 heteroatoms. The van der Waals surface area contributed by atoms with Gasteiger partial charge in [0.05, 0.1) is 0 Å². The highest BCUT2D eigenvalue weighted by Crippen LogP contribution is 2.36. The Morgan fingerprint density at radius 3 is 1.17 bits per heavy atom. The molecule has 0 fully saturated rings. The first kappa shape index (κ1) is 22.8. The molecule has 0 aliphatic rings. The van der Waals surface area contributed by atoms with Crippen LogP contribution >= 0.6 is 46.7 Å². The van der Waals surface area contributed by atoms with Crippen molar-refractivity contribution in [1.82, 2.24) is 0 Å². The van der Waals surface area contributed by atoms with Crippen LogP contribution in [0.25, 0.3) is 22.3 Å². The van der Waals surface area contributed by atoms with Crippen molar-refractivity contribution in [3.8, 4) is 22.3 Å². The lowest BCUT2D eigenvalue weighted by Gasteiger charge is -2.09. The quantitative estimate of drug-likeness (QED) is 0.273. The van der Waals surface area contributed by atoms with Crippen LogP contribution in [0.2, 0.25) is 10.0 Å². The fourth-order valence-electron chi connectivity index (χ4n) is 3.12. The third kappa shape index (κ3) is 5.65. The van der Waals surface area contributed by atoms with Crippen LogP contribution in [0.5, 0.6) is 0 Å². The van der Waals surface area contributed by atoms with E-state index in [0.29, 0.717) is 0 Å². The van der Waals surface area contributed by atoms with Crippen molar-refractivity contribution < 1.29 is 0 Å². The van der Waals surface area contributed by atoms with Crippen molar-refractivity contribution >= 4 is 46.7 Å². The molecule has 0 heterocycles. The Bertz CT molecular complexity index is 992. The van der Waals surface area contributed by atoms with Crippen LogP contribution < -0.4 is 0 Å². The summed E-state index contributed by atoms with van der Waals surface area (Å²) in [6, 6.07) is 32.5. The lowest BCUT2D eigenvalue weighted by molar-refractivity contribution is 1.45. The Morgan fingerprint density at radius 2 is 0.833 bits per heavy atom. The van der Waals surface area contributed by atoms with Crippen molar-refractivity contribution in [2.75, 3.05) is 12.5 Å². The van der Waals surface area contributed by atoms with E-state index in [-0.39, 0.29) is 0 Å². The predicted molar refractivity (Wildman–Crippen MR) is 137 cm³/mol. The summed E-state index contributed by atoms with van der Waals surface area (Å²) < 4.78 is 0. The Balaban J connectivity index is 0.000000171. The van der Waals surface area contributed by atoms with Crippen LogP contribution in [0.3, 0.4) is 0 Å². The van der Waals surface area contributed by atoms with Gasteiger partial charge in [0.1, 0.15) is 0 Å². The molecule has 30 heavy (non-hydrogen) atoms. The molecule has 0 radical (unpaired) electrons. The maximum absolute atomic E-state index is 6.23. The molecule has 0 bridgehead atoms. The second-order valence-electron chi connectivity index (χ2n) is 6.37. The molecule has 0 nitrogen and oxygen atoms in total. The molecule has 4 rings (SSSR count). The van der Waals surface area contributed by atoms with Crippen LogP contribution in [0, 0.1) is 0 Å². The SMILES string of the molecule is CSc1cccc(Cl)c1-c1ccccc1.CSc1cccc(Cl)c1-c1ccccc1. The van der Waals surface area contributed by atoms with Gasteiger partial charge in [-0.1, -0.05) is 96.0 Å². The molecule has 4 aromatic carbocycles. The van der Waals surface area contributed by atoms with E-state index < -0.39 is 0 Å². The molecule has 0 N–H and O–H groups in total. The monoisotopic (exact) mass is 468 g/mol. The minimum absolute atomic E-state index is 0.813. The topological polar surface area (TPSA) is 0 Å². The third-order valence-corrected chi connectivity index (χ3v) is 6.71. The highest BCUT2D eigenvalue weighted by Gasteiger charge is 2.08. The van der Waals surface area contributed by atoms with Crippen LogP contribution in [-0.4, -0.2) is 12.5 Å². The van der Waals surface area contributed by atoms with Gasteiger partial charge in [-0.15, -0.1) is 23.5 Å². The molecule has 0 aromatic heterocycles. The molecule has 4 aromatic rings. The standard InChI is InChI=1S/2C13H11ClS/c2*1-15-12-9-5-8-11(14)13(12)10-6-3-2-4-7-10/h2*2-9H,1H3. The smallest absolute Gasteiger partial charge is 0.0495 e. The molecular weight excluding hydrogens is 447 g/mol. The van der Waals surface area contributed by atoms with Crippen LogP contribution in [0.1, 0.15) is 0 Å². The van der Waals surface area contributed by atoms with Gasteiger partial charge in [-0.25, -0.2) is 0 Å². The van der Waals surface area contributed by atoms with Gasteiger partial charge < -0.3 is 0 Å². The van der Waals surface area contributed by atoms with E-state index in [4.69, 9.17) is 23.2 Å². The lowest BCUT2D eigenvalue weighted by Crippen LogP contribution is -1.82. The summed E-state index contributed by atoms with van der Waals surface area (Å²) in [5.41, 5.74) is 4.61. The summed E-state index contributed by atoms with van der Waals surface area (Å²) in [4.78, 5) is 2.43. The number of rotatable bonds is 4. The van der Waals surface area contributed by atoms with Crippen molar-refractivity contribution in [2.45, 2.75) is 9.79 Å². The Labute approximate surface area is 197 Å². The molecule has 0 aliphatic carbocycles. The van der Waals surface area contributed by atoms with Gasteiger partial charge in [0.25, 0.3) is 0 Å². The summed E-state index contributed by atoms with van der Waals surface area (Å²) in [5, 5.41) is 1.63. The third-order valence-electron chi connectivity index (χ3n) is 4.52. The van der Waals surface area contributed by atoms with E-state index in [1.54, 1.807) is 23.5 Å². The van der Waals surface area contributed by atoms with Gasteiger partial charge in [0.15, 0.2) is 0 Å². The predicted octanol–water partition coefficient (Wildman–Crippen LogP) is 9.46. The van der Waals surface area contributed by atoms with Crippen LogP contribution in [0.4, 0.5) is 0 Å². The number of benzene rings is 4. The highest BCUT2D eigenvalue weighted by atomic mass is 35.5. The Kier molecular flexibility index (Phi) is 8.77. The number of hydrogen-bond donors (Lipinski definition) is 0. The maximum Gasteiger partial charge on any atom is 0.0495 e. The van der Waals surface area contributed by atoms with Crippen molar-refractivity contribution in [3.63, 3.8) is 0 Å². The first-order valence-electron chi connectivity index (χ1n) is 9.41. The molecule has 0 unspecified atom stereocenters. The molecule has 152 valence electrons. The van der Waals surface area contributed by atoms with Crippen LogP contribution in [0.15, 0.2) is 107 Å². The lowest BCUT2D eigenvalue weighted by atomic mass is 10.1. The van der Waals surface area contributed by atoms with Gasteiger partial charge in [0, 0.05) is 31.0 Å². The normalized spacial score (nSPS) is 10.3. The van der Waals surface area contributed by atoms with Gasteiger partial charge in [0.2, 0.25) is 0 Å². The van der Waals surface area contributed by atoms with Crippen molar-refractivity contribution in [2.24, 2.45) is 0 Å². The summed E-state index contributed by atoms with van der Waals surface area (Å²) in [6.45, 7) is 0. The molecule has 0 spiro atoms. The van der Waals surface area contributed by atoms with Gasteiger partial charge >= 0.3 is 0 Å². The summed E-state index contributed by atoms with van der Waals surface area (Å²) in [6.07, 6.45) is 4.14. The first-order valence-corrected chi connectivity index (χ1v) is 12.6. The van der Waals surface area contributed by atoms with E-state index in [0.717, 1.165) is 21.2 Å². The minimum atomic E-state index is 0.813. The zero-order valence-corrected chi connectivity index (χ0v) is 20.0. The zero-order valence-electron chi connectivity index (χ0n) is 16.8. The van der Waals surface area contributed by atoms with Gasteiger partial charge in [-0.3, -0.25) is 0 Å². The average Bonchev–Trinajstić information content (AvgIpc) is 2.80. The second-order valence-corrected chi connectivity index (χ2v) is 8.88. The average molecular weight is 470 g/mol. The Hall–Kier alpha value is -1.84. The largest absolute Gasteiger partial charge is 0.129 e. The summed E-state index contributed by atoms with van der Waals surface area (Å²) >= 11 is 15.9. The van der Waals surface area contributed by atoms with E-state index >= 15 is 0 Å². The molecule has 0 amide bonds. The van der Waals surface area contributed by atoms with E-state index in [1.165, 1.54) is 20.9 Å². The summed E-state index contributed by atoms with van der Waals surface area (Å²) in [5.74, 6) is 0. The molecule has 0 saturated heterocycles. The zero-order chi connectivity index (χ0) is 21.3. The Morgan fingerprint density at radius 1 is 0.467 bits per heavy atom. The molecule has 0 saturated carbocycles. The van der Waals surface area contributed by atoms with Crippen molar-refractivity contribution in [1.29, 1.82) is 0 Å². The minimum Gasteiger partial charge on any atom is -0.129 e. The number of halogens is 2. The van der Waals surface area contributed by atoms with Crippen LogP contribution in [-0.2, 0) is 0 Å². The highest BCUT2D eigenvalue weighted by molar-refractivity contribution is 7.99. The van der Waals surface area contributed by atoms with Gasteiger partial charge in [-0.05, 0) is 47.9 Å². The van der Waals surface area contributed by atoms with E-state index in [9.17, 15) is 0 Å². The maximum atomic E-state index is 6.23. The number of thioether (sulfide) groups is 2.